The van der Waals surface area contributed by atoms with Crippen molar-refractivity contribution in [3.8, 4) is 0 Å². The van der Waals surface area contributed by atoms with Crippen molar-refractivity contribution in [1.29, 1.82) is 0 Å². The molecule has 0 fully saturated rings. The summed E-state index contributed by atoms with van der Waals surface area (Å²) in [5.74, 6) is 0.127. The van der Waals surface area contributed by atoms with Gasteiger partial charge in [-0.1, -0.05) is 52.2 Å². The van der Waals surface area contributed by atoms with Crippen LogP contribution in [0.5, 0.6) is 0 Å². The van der Waals surface area contributed by atoms with Crippen LogP contribution < -0.4 is 0 Å². The fourth-order valence-electron chi connectivity index (χ4n) is 1.68. The number of rotatable bonds is 7. The molecule has 1 rings (SSSR count). The van der Waals surface area contributed by atoms with E-state index < -0.39 is 0 Å². The lowest BCUT2D eigenvalue weighted by Gasteiger charge is -2.17. The first-order chi connectivity index (χ1) is 8.65. The number of carbonyl (C=O) groups excluding carboxylic acids is 1. The molecule has 1 aromatic carbocycles. The Kier molecular flexibility index (Phi) is 7.36. The number of halogens is 2. The number of benzene rings is 1. The number of hydrogen-bond donors (Lipinski definition) is 0. The molecule has 0 saturated carbocycles. The van der Waals surface area contributed by atoms with Crippen LogP contribution in [-0.4, -0.2) is 29.7 Å². The van der Waals surface area contributed by atoms with E-state index in [4.69, 9.17) is 11.6 Å². The number of amides is 1. The van der Waals surface area contributed by atoms with Crippen LogP contribution in [-0.2, 0) is 11.2 Å². The van der Waals surface area contributed by atoms with Gasteiger partial charge in [0.05, 0.1) is 6.42 Å². The lowest BCUT2D eigenvalue weighted by atomic mass is 10.1. The number of unbranched alkanes of at least 4 members (excludes halogenated alkanes) is 2. The highest BCUT2D eigenvalue weighted by Gasteiger charge is 2.10. The molecule has 4 heteroatoms. The Morgan fingerprint density at radius 2 is 2.00 bits per heavy atom. The van der Waals surface area contributed by atoms with E-state index in [1.165, 1.54) is 0 Å². The molecule has 0 aliphatic rings. The third-order valence-electron chi connectivity index (χ3n) is 2.85. The Labute approximate surface area is 122 Å². The molecule has 0 atom stereocenters. The number of hydrogen-bond acceptors (Lipinski definition) is 1. The van der Waals surface area contributed by atoms with Gasteiger partial charge in [0.1, 0.15) is 0 Å². The van der Waals surface area contributed by atoms with Gasteiger partial charge in [0.2, 0.25) is 5.91 Å². The first-order valence-electron chi connectivity index (χ1n) is 6.18. The minimum absolute atomic E-state index is 0.127. The average Bonchev–Trinajstić information content (AvgIpc) is 2.37. The van der Waals surface area contributed by atoms with Crippen molar-refractivity contribution in [3.05, 3.63) is 34.9 Å². The highest BCUT2D eigenvalue weighted by molar-refractivity contribution is 9.09. The summed E-state index contributed by atoms with van der Waals surface area (Å²) in [6.45, 7) is 0.816. The van der Waals surface area contributed by atoms with Gasteiger partial charge >= 0.3 is 0 Å². The molecule has 100 valence electrons. The summed E-state index contributed by atoms with van der Waals surface area (Å²) in [5.41, 5.74) is 0.900. The quantitative estimate of drug-likeness (QED) is 0.547. The lowest BCUT2D eigenvalue weighted by molar-refractivity contribution is -0.129. The van der Waals surface area contributed by atoms with Gasteiger partial charge in [-0.05, 0) is 24.5 Å². The van der Waals surface area contributed by atoms with E-state index in [2.05, 4.69) is 15.9 Å². The van der Waals surface area contributed by atoms with Crippen molar-refractivity contribution in [3.63, 3.8) is 0 Å². The standard InChI is InChI=1S/C14H19BrClNO/c1-17(10-6-2-5-9-15)14(18)11-12-7-3-4-8-13(12)16/h3-4,7-8H,2,5-6,9-11H2,1H3. The first kappa shape index (κ1) is 15.5. The third-order valence-corrected chi connectivity index (χ3v) is 3.78. The molecule has 18 heavy (non-hydrogen) atoms. The second-order valence-electron chi connectivity index (χ2n) is 4.33. The predicted octanol–water partition coefficient (Wildman–Crippen LogP) is 3.91. The summed E-state index contributed by atoms with van der Waals surface area (Å²) in [5, 5.41) is 1.70. The Hall–Kier alpha value is -0.540. The molecule has 0 saturated heterocycles. The van der Waals surface area contributed by atoms with Crippen molar-refractivity contribution in [2.75, 3.05) is 18.9 Å². The van der Waals surface area contributed by atoms with Gasteiger partial charge in [-0.2, -0.15) is 0 Å². The molecule has 1 amide bonds. The highest BCUT2D eigenvalue weighted by Crippen LogP contribution is 2.16. The van der Waals surface area contributed by atoms with Crippen LogP contribution in [0.25, 0.3) is 0 Å². The Bertz CT molecular complexity index is 384. The van der Waals surface area contributed by atoms with Crippen molar-refractivity contribution in [2.24, 2.45) is 0 Å². The lowest BCUT2D eigenvalue weighted by Crippen LogP contribution is -2.29. The molecule has 0 N–H and O–H groups in total. The summed E-state index contributed by atoms with van der Waals surface area (Å²) >= 11 is 9.45. The Morgan fingerprint density at radius 1 is 1.28 bits per heavy atom. The van der Waals surface area contributed by atoms with Gasteiger partial charge in [0.15, 0.2) is 0 Å². The largest absolute Gasteiger partial charge is 0.345 e. The summed E-state index contributed by atoms with van der Waals surface area (Å²) < 4.78 is 0. The minimum atomic E-state index is 0.127. The van der Waals surface area contributed by atoms with E-state index in [0.29, 0.717) is 11.4 Å². The van der Waals surface area contributed by atoms with E-state index in [0.717, 1.165) is 36.7 Å². The van der Waals surface area contributed by atoms with E-state index in [9.17, 15) is 4.79 Å². The monoisotopic (exact) mass is 331 g/mol. The third kappa shape index (κ3) is 5.40. The molecule has 2 nitrogen and oxygen atoms in total. The van der Waals surface area contributed by atoms with E-state index in [1.807, 2.05) is 31.3 Å². The molecule has 1 aromatic rings. The SMILES string of the molecule is CN(CCCCCBr)C(=O)Cc1ccccc1Cl. The van der Waals surface area contributed by atoms with Crippen LogP contribution in [0.1, 0.15) is 24.8 Å². The summed E-state index contributed by atoms with van der Waals surface area (Å²) in [6, 6.07) is 7.50. The highest BCUT2D eigenvalue weighted by atomic mass is 79.9. The summed E-state index contributed by atoms with van der Waals surface area (Å²) in [4.78, 5) is 13.8. The fourth-order valence-corrected chi connectivity index (χ4v) is 2.28. The molecular formula is C14H19BrClNO. The molecule has 0 unspecified atom stereocenters. The second kappa shape index (κ2) is 8.54. The minimum Gasteiger partial charge on any atom is -0.345 e. The van der Waals surface area contributed by atoms with Crippen LogP contribution in [0.2, 0.25) is 5.02 Å². The molecule has 0 radical (unpaired) electrons. The maximum absolute atomic E-state index is 12.0. The van der Waals surface area contributed by atoms with Gasteiger partial charge in [-0.15, -0.1) is 0 Å². The van der Waals surface area contributed by atoms with E-state index in [-0.39, 0.29) is 5.91 Å². The second-order valence-corrected chi connectivity index (χ2v) is 5.53. The van der Waals surface area contributed by atoms with E-state index in [1.54, 1.807) is 4.90 Å². The fraction of sp³-hybridized carbons (Fsp3) is 0.500. The van der Waals surface area contributed by atoms with Crippen molar-refractivity contribution < 1.29 is 4.79 Å². The molecule has 0 heterocycles. The number of nitrogens with zero attached hydrogens (tertiary/aromatic N) is 1. The average molecular weight is 333 g/mol. The van der Waals surface area contributed by atoms with Crippen molar-refractivity contribution in [2.45, 2.75) is 25.7 Å². The number of alkyl halides is 1. The molecule has 0 aromatic heterocycles. The zero-order valence-corrected chi connectivity index (χ0v) is 13.0. The summed E-state index contributed by atoms with van der Waals surface area (Å²) in [6.07, 6.45) is 3.74. The van der Waals surface area contributed by atoms with Crippen LogP contribution in [0.4, 0.5) is 0 Å². The Balaban J connectivity index is 2.38. The molecule has 0 bridgehead atoms. The zero-order valence-electron chi connectivity index (χ0n) is 10.7. The molecule has 0 aliphatic heterocycles. The summed E-state index contributed by atoms with van der Waals surface area (Å²) in [7, 11) is 1.85. The number of likely N-dealkylation sites (N-methyl/N-ethyl adjacent to an activating group) is 1. The first-order valence-corrected chi connectivity index (χ1v) is 7.68. The Morgan fingerprint density at radius 3 is 2.67 bits per heavy atom. The molecule has 0 spiro atoms. The van der Waals surface area contributed by atoms with Gasteiger partial charge in [-0.25, -0.2) is 0 Å². The van der Waals surface area contributed by atoms with E-state index >= 15 is 0 Å². The van der Waals surface area contributed by atoms with Gasteiger partial charge < -0.3 is 4.90 Å². The number of carbonyl (C=O) groups is 1. The van der Waals surface area contributed by atoms with Crippen LogP contribution >= 0.6 is 27.5 Å². The molecular weight excluding hydrogens is 314 g/mol. The van der Waals surface area contributed by atoms with Crippen LogP contribution in [0, 0.1) is 0 Å². The van der Waals surface area contributed by atoms with Crippen molar-refractivity contribution in [1.82, 2.24) is 4.90 Å². The predicted molar refractivity (Wildman–Crippen MR) is 80.4 cm³/mol. The maximum atomic E-state index is 12.0. The molecule has 0 aliphatic carbocycles. The zero-order chi connectivity index (χ0) is 13.4. The van der Waals surface area contributed by atoms with Gasteiger partial charge in [0, 0.05) is 23.9 Å². The maximum Gasteiger partial charge on any atom is 0.226 e. The smallest absolute Gasteiger partial charge is 0.226 e. The normalized spacial score (nSPS) is 10.4. The topological polar surface area (TPSA) is 20.3 Å². The van der Waals surface area contributed by atoms with Crippen LogP contribution in [0.15, 0.2) is 24.3 Å². The van der Waals surface area contributed by atoms with Gasteiger partial charge in [0.25, 0.3) is 0 Å². The van der Waals surface area contributed by atoms with Gasteiger partial charge in [-0.3, -0.25) is 4.79 Å². The van der Waals surface area contributed by atoms with Crippen molar-refractivity contribution >= 4 is 33.4 Å². The van der Waals surface area contributed by atoms with Crippen LogP contribution in [0.3, 0.4) is 0 Å².